The highest BCUT2D eigenvalue weighted by molar-refractivity contribution is 7.17. The lowest BCUT2D eigenvalue weighted by atomic mass is 10.1. The SMILES string of the molecule is COC(=O)COc1ccc2oc(-c3ccc(OC)cc3)cc(=Nc3nc(-c4cccs4)c(C)s3)c2c1. The third-order valence-corrected chi connectivity index (χ3v) is 7.17. The van der Waals surface area contributed by atoms with Gasteiger partial charge in [0.1, 0.15) is 22.8 Å². The van der Waals surface area contributed by atoms with Crippen LogP contribution in [0.5, 0.6) is 11.5 Å². The second kappa shape index (κ2) is 10.3. The number of hydrogen-bond acceptors (Lipinski definition) is 9. The molecule has 0 atom stereocenters. The van der Waals surface area contributed by atoms with Gasteiger partial charge in [0.2, 0.25) is 5.13 Å². The number of carbonyl (C=O) groups is 1. The van der Waals surface area contributed by atoms with Gasteiger partial charge in [-0.1, -0.05) is 17.4 Å². The highest BCUT2D eigenvalue weighted by Crippen LogP contribution is 2.34. The van der Waals surface area contributed by atoms with Crippen molar-refractivity contribution in [3.05, 3.63) is 76.3 Å². The fraction of sp³-hybridized carbons (Fsp3) is 0.148. The van der Waals surface area contributed by atoms with Crippen LogP contribution in [-0.4, -0.2) is 31.8 Å². The van der Waals surface area contributed by atoms with Gasteiger partial charge in [0.25, 0.3) is 0 Å². The smallest absolute Gasteiger partial charge is 0.343 e. The van der Waals surface area contributed by atoms with Crippen LogP contribution >= 0.6 is 22.7 Å². The van der Waals surface area contributed by atoms with E-state index in [1.54, 1.807) is 36.6 Å². The summed E-state index contributed by atoms with van der Waals surface area (Å²) in [5.74, 6) is 1.46. The van der Waals surface area contributed by atoms with Crippen molar-refractivity contribution in [3.8, 4) is 33.4 Å². The van der Waals surface area contributed by atoms with Crippen LogP contribution in [0.4, 0.5) is 5.13 Å². The van der Waals surface area contributed by atoms with Gasteiger partial charge in [-0.15, -0.1) is 11.3 Å². The minimum absolute atomic E-state index is 0.189. The Kier molecular flexibility index (Phi) is 6.84. The molecular formula is C27H22N2O5S2. The number of thiazole rings is 1. The fourth-order valence-corrected chi connectivity index (χ4v) is 5.25. The van der Waals surface area contributed by atoms with Crippen LogP contribution in [0.15, 0.2) is 75.5 Å². The summed E-state index contributed by atoms with van der Waals surface area (Å²) in [6, 6.07) is 18.9. The summed E-state index contributed by atoms with van der Waals surface area (Å²) in [6.45, 7) is 1.86. The van der Waals surface area contributed by atoms with Gasteiger partial charge in [0, 0.05) is 21.9 Å². The van der Waals surface area contributed by atoms with E-state index in [9.17, 15) is 4.79 Å². The normalized spacial score (nSPS) is 11.6. The summed E-state index contributed by atoms with van der Waals surface area (Å²) in [7, 11) is 2.95. The van der Waals surface area contributed by atoms with Crippen molar-refractivity contribution >= 4 is 44.7 Å². The van der Waals surface area contributed by atoms with E-state index in [-0.39, 0.29) is 6.61 Å². The highest BCUT2D eigenvalue weighted by atomic mass is 32.1. The summed E-state index contributed by atoms with van der Waals surface area (Å²) in [5.41, 5.74) is 2.45. The molecule has 3 aromatic heterocycles. The van der Waals surface area contributed by atoms with Crippen molar-refractivity contribution in [2.24, 2.45) is 4.99 Å². The first-order valence-corrected chi connectivity index (χ1v) is 12.7. The maximum absolute atomic E-state index is 11.5. The molecule has 0 fully saturated rings. The van der Waals surface area contributed by atoms with Crippen LogP contribution < -0.4 is 14.8 Å². The molecule has 0 saturated carbocycles. The van der Waals surface area contributed by atoms with Crippen LogP contribution in [0.1, 0.15) is 4.88 Å². The van der Waals surface area contributed by atoms with Crippen molar-refractivity contribution in [2.75, 3.05) is 20.8 Å². The maximum atomic E-state index is 11.5. The number of thiophene rings is 1. The first-order chi connectivity index (χ1) is 17.5. The van der Waals surface area contributed by atoms with Gasteiger partial charge >= 0.3 is 5.97 Å². The Morgan fingerprint density at radius 2 is 1.86 bits per heavy atom. The van der Waals surface area contributed by atoms with E-state index in [0.717, 1.165) is 32.1 Å². The molecule has 7 nitrogen and oxygen atoms in total. The molecule has 5 aromatic rings. The Balaban J connectivity index is 1.64. The predicted octanol–water partition coefficient (Wildman–Crippen LogP) is 6.39. The van der Waals surface area contributed by atoms with Gasteiger partial charge in [-0.25, -0.2) is 14.8 Å². The van der Waals surface area contributed by atoms with Crippen LogP contribution in [0.3, 0.4) is 0 Å². The second-order valence-corrected chi connectivity index (χ2v) is 9.87. The van der Waals surface area contributed by atoms with E-state index in [0.29, 0.717) is 27.6 Å². The minimum Gasteiger partial charge on any atom is -0.497 e. The topological polar surface area (TPSA) is 83.2 Å². The van der Waals surface area contributed by atoms with Gasteiger partial charge in [0.05, 0.1) is 30.1 Å². The number of nitrogens with zero attached hydrogens (tertiary/aromatic N) is 2. The number of ether oxygens (including phenoxy) is 3. The minimum atomic E-state index is -0.459. The number of aryl methyl sites for hydroxylation is 1. The van der Waals surface area contributed by atoms with Crippen LogP contribution in [0, 0.1) is 6.92 Å². The number of carbonyl (C=O) groups excluding carboxylic acids is 1. The van der Waals surface area contributed by atoms with Gasteiger partial charge in [-0.05, 0) is 60.8 Å². The monoisotopic (exact) mass is 518 g/mol. The average molecular weight is 519 g/mol. The average Bonchev–Trinajstić information content (AvgIpc) is 3.56. The molecule has 3 heterocycles. The molecule has 0 N–H and O–H groups in total. The summed E-state index contributed by atoms with van der Waals surface area (Å²) >= 11 is 3.18. The molecule has 0 bridgehead atoms. The molecule has 0 unspecified atom stereocenters. The summed E-state index contributed by atoms with van der Waals surface area (Å²) < 4.78 is 21.8. The number of methoxy groups -OCH3 is 2. The van der Waals surface area contributed by atoms with E-state index in [4.69, 9.17) is 23.9 Å². The van der Waals surface area contributed by atoms with Crippen molar-refractivity contribution in [2.45, 2.75) is 6.92 Å². The molecular weight excluding hydrogens is 496 g/mol. The first kappa shape index (κ1) is 23.8. The Morgan fingerprint density at radius 1 is 1.06 bits per heavy atom. The number of hydrogen-bond donors (Lipinski definition) is 0. The number of aromatic nitrogens is 1. The zero-order valence-electron chi connectivity index (χ0n) is 19.8. The zero-order chi connectivity index (χ0) is 25.1. The molecule has 0 radical (unpaired) electrons. The van der Waals surface area contributed by atoms with E-state index in [2.05, 4.69) is 10.8 Å². The fourth-order valence-electron chi connectivity index (χ4n) is 3.60. The molecule has 0 aliphatic heterocycles. The molecule has 9 heteroatoms. The van der Waals surface area contributed by atoms with E-state index >= 15 is 0 Å². The summed E-state index contributed by atoms with van der Waals surface area (Å²) in [6.07, 6.45) is 0. The van der Waals surface area contributed by atoms with Gasteiger partial charge in [-0.2, -0.15) is 0 Å². The predicted molar refractivity (Wildman–Crippen MR) is 141 cm³/mol. The second-order valence-electron chi connectivity index (χ2n) is 7.74. The maximum Gasteiger partial charge on any atom is 0.343 e. The molecule has 2 aromatic carbocycles. The van der Waals surface area contributed by atoms with Gasteiger partial charge < -0.3 is 18.6 Å². The quantitative estimate of drug-likeness (QED) is 0.232. The molecule has 0 spiro atoms. The van der Waals surface area contributed by atoms with E-state index < -0.39 is 5.97 Å². The lowest BCUT2D eigenvalue weighted by molar-refractivity contribution is -0.142. The lowest BCUT2D eigenvalue weighted by Gasteiger charge is -2.08. The molecule has 5 rings (SSSR count). The first-order valence-electron chi connectivity index (χ1n) is 11.0. The Hall–Kier alpha value is -3.95. The van der Waals surface area contributed by atoms with Gasteiger partial charge in [-0.3, -0.25) is 0 Å². The van der Waals surface area contributed by atoms with Crippen molar-refractivity contribution in [1.29, 1.82) is 0 Å². The third kappa shape index (κ3) is 5.02. The number of benzene rings is 2. The molecule has 0 aliphatic rings. The largest absolute Gasteiger partial charge is 0.497 e. The molecule has 0 amide bonds. The van der Waals surface area contributed by atoms with Crippen LogP contribution in [0.25, 0.3) is 32.9 Å². The van der Waals surface area contributed by atoms with Gasteiger partial charge in [0.15, 0.2) is 6.61 Å². The summed E-state index contributed by atoms with van der Waals surface area (Å²) in [5, 5.41) is 4.09. The number of fused-ring (bicyclic) bond motifs is 1. The van der Waals surface area contributed by atoms with Crippen molar-refractivity contribution in [3.63, 3.8) is 0 Å². The van der Waals surface area contributed by atoms with Crippen molar-refractivity contribution < 1.29 is 23.4 Å². The standard InChI is InChI=1S/C27H22N2O5S2/c1-16-26(24-5-4-12-35-24)29-27(36-16)28-21-14-23(17-6-8-18(31-2)9-7-17)34-22-11-10-19(13-20(21)22)33-15-25(30)32-3/h4-14H,15H2,1-3H3. The van der Waals surface area contributed by atoms with Crippen LogP contribution in [0.2, 0.25) is 0 Å². The molecule has 182 valence electrons. The molecule has 36 heavy (non-hydrogen) atoms. The van der Waals surface area contributed by atoms with Crippen molar-refractivity contribution in [1.82, 2.24) is 4.98 Å². The number of rotatable bonds is 7. The Morgan fingerprint density at radius 3 is 2.58 bits per heavy atom. The Labute approximate surface area is 215 Å². The highest BCUT2D eigenvalue weighted by Gasteiger charge is 2.13. The third-order valence-electron chi connectivity index (χ3n) is 5.43. The molecule has 0 aliphatic carbocycles. The van der Waals surface area contributed by atoms with E-state index in [1.165, 1.54) is 18.4 Å². The summed E-state index contributed by atoms with van der Waals surface area (Å²) in [4.78, 5) is 23.4. The molecule has 0 saturated heterocycles. The number of esters is 1. The van der Waals surface area contributed by atoms with E-state index in [1.807, 2.05) is 48.7 Å². The van der Waals surface area contributed by atoms with Crippen LogP contribution in [-0.2, 0) is 9.53 Å². The zero-order valence-corrected chi connectivity index (χ0v) is 21.4. The lowest BCUT2D eigenvalue weighted by Crippen LogP contribution is -2.12. The Bertz CT molecular complexity index is 1590.